The van der Waals surface area contributed by atoms with Gasteiger partial charge in [0.2, 0.25) is 5.91 Å². The number of para-hydroxylation sites is 1. The maximum atomic E-state index is 12.4. The molecule has 0 aliphatic carbocycles. The maximum absolute atomic E-state index is 12.4. The third kappa shape index (κ3) is 7.11. The molecule has 1 aliphatic heterocycles. The smallest absolute Gasteiger partial charge is 0.279 e. The average molecular weight is 490 g/mol. The molecule has 1 N–H and O–H groups in total. The molecule has 1 saturated heterocycles. The standard InChI is InChI=1S/C28H31N3O3S/c1-3-7-21(4-2)20-33-30-27(32)23-15-18-31(19-16-23)17-14-22-10-12-24(13-11-22)34-28-29-25-8-5-6-9-26(25)35-28/h3-13,23H,1-2,14-20H2,(H,30,32)/b21-7+. The van der Waals surface area contributed by atoms with E-state index < -0.39 is 0 Å². The van der Waals surface area contributed by atoms with Gasteiger partial charge in [-0.1, -0.05) is 67.0 Å². The van der Waals surface area contributed by atoms with Crippen molar-refractivity contribution >= 4 is 27.5 Å². The van der Waals surface area contributed by atoms with Gasteiger partial charge in [0.1, 0.15) is 5.75 Å². The number of thiazole rings is 1. The number of carbonyl (C=O) groups excluding carboxylic acids is 1. The summed E-state index contributed by atoms with van der Waals surface area (Å²) in [6.07, 6.45) is 7.80. The van der Waals surface area contributed by atoms with Gasteiger partial charge in [0.25, 0.3) is 5.19 Å². The van der Waals surface area contributed by atoms with Crippen LogP contribution in [0.3, 0.4) is 0 Å². The summed E-state index contributed by atoms with van der Waals surface area (Å²) < 4.78 is 7.06. The normalized spacial score (nSPS) is 15.1. The molecule has 2 heterocycles. The molecule has 6 nitrogen and oxygen atoms in total. The van der Waals surface area contributed by atoms with Gasteiger partial charge in [-0.05, 0) is 67.8 Å². The number of hydrogen-bond donors (Lipinski definition) is 1. The van der Waals surface area contributed by atoms with Crippen LogP contribution in [0, 0.1) is 5.92 Å². The molecule has 1 aromatic heterocycles. The van der Waals surface area contributed by atoms with Crippen molar-refractivity contribution in [3.05, 3.63) is 91.1 Å². The molecule has 35 heavy (non-hydrogen) atoms. The molecule has 3 aromatic rings. The van der Waals surface area contributed by atoms with Crippen molar-refractivity contribution in [3.63, 3.8) is 0 Å². The fraction of sp³-hybridized carbons (Fsp3) is 0.286. The Labute approximate surface area is 210 Å². The van der Waals surface area contributed by atoms with Crippen LogP contribution in [0.5, 0.6) is 10.9 Å². The summed E-state index contributed by atoms with van der Waals surface area (Å²) in [6, 6.07) is 16.3. The number of allylic oxidation sites excluding steroid dienone is 2. The number of nitrogens with one attached hydrogen (secondary N) is 1. The number of benzene rings is 2. The summed E-state index contributed by atoms with van der Waals surface area (Å²) in [4.78, 5) is 24.7. The second kappa shape index (κ2) is 12.4. The van der Waals surface area contributed by atoms with Gasteiger partial charge >= 0.3 is 0 Å². The van der Waals surface area contributed by atoms with Crippen LogP contribution in [0.4, 0.5) is 0 Å². The molecule has 0 unspecified atom stereocenters. The van der Waals surface area contributed by atoms with Crippen LogP contribution < -0.4 is 10.2 Å². The van der Waals surface area contributed by atoms with E-state index in [1.165, 1.54) is 5.56 Å². The summed E-state index contributed by atoms with van der Waals surface area (Å²) in [5.74, 6) is 0.734. The van der Waals surface area contributed by atoms with Gasteiger partial charge in [0.05, 0.1) is 16.8 Å². The number of rotatable bonds is 11. The third-order valence-electron chi connectivity index (χ3n) is 6.08. The van der Waals surface area contributed by atoms with E-state index in [4.69, 9.17) is 9.57 Å². The van der Waals surface area contributed by atoms with E-state index in [1.807, 2.05) is 36.4 Å². The summed E-state index contributed by atoms with van der Waals surface area (Å²) >= 11 is 1.55. The van der Waals surface area contributed by atoms with Crippen molar-refractivity contribution in [1.29, 1.82) is 0 Å². The molecule has 4 rings (SSSR count). The molecule has 0 saturated carbocycles. The number of fused-ring (bicyclic) bond motifs is 1. The quantitative estimate of drug-likeness (QED) is 0.277. The molecule has 182 valence electrons. The van der Waals surface area contributed by atoms with E-state index in [1.54, 1.807) is 29.6 Å². The number of hydrogen-bond acceptors (Lipinski definition) is 6. The molecule has 0 bridgehead atoms. The molecular formula is C28H31N3O3S. The van der Waals surface area contributed by atoms with Gasteiger partial charge in [-0.2, -0.15) is 0 Å². The zero-order valence-corrected chi connectivity index (χ0v) is 20.6. The topological polar surface area (TPSA) is 63.7 Å². The van der Waals surface area contributed by atoms with E-state index in [-0.39, 0.29) is 18.4 Å². The van der Waals surface area contributed by atoms with Crippen LogP contribution in [0.2, 0.25) is 0 Å². The molecule has 0 spiro atoms. The summed E-state index contributed by atoms with van der Waals surface area (Å²) in [5.41, 5.74) is 5.67. The second-order valence-corrected chi connectivity index (χ2v) is 9.49. The molecule has 2 aromatic carbocycles. The Morgan fingerprint density at radius 3 is 2.63 bits per heavy atom. The fourth-order valence-corrected chi connectivity index (χ4v) is 4.86. The third-order valence-corrected chi connectivity index (χ3v) is 7.00. The van der Waals surface area contributed by atoms with E-state index in [0.29, 0.717) is 5.19 Å². The number of amides is 1. The second-order valence-electron chi connectivity index (χ2n) is 8.50. The largest absolute Gasteiger partial charge is 0.431 e. The fourth-order valence-electron chi connectivity index (χ4n) is 4.03. The van der Waals surface area contributed by atoms with Gasteiger partial charge in [-0.15, -0.1) is 0 Å². The highest BCUT2D eigenvalue weighted by molar-refractivity contribution is 7.20. The maximum Gasteiger partial charge on any atom is 0.279 e. The van der Waals surface area contributed by atoms with Gasteiger partial charge in [0.15, 0.2) is 0 Å². The highest BCUT2D eigenvalue weighted by Gasteiger charge is 2.25. The van der Waals surface area contributed by atoms with Crippen molar-refractivity contribution in [2.24, 2.45) is 5.92 Å². The minimum absolute atomic E-state index is 0.0132. The lowest BCUT2D eigenvalue weighted by Crippen LogP contribution is -2.41. The Morgan fingerprint density at radius 2 is 1.91 bits per heavy atom. The number of piperidine rings is 1. The van der Waals surface area contributed by atoms with Crippen LogP contribution in [-0.4, -0.2) is 42.0 Å². The van der Waals surface area contributed by atoms with Gasteiger partial charge < -0.3 is 9.64 Å². The van der Waals surface area contributed by atoms with Crippen LogP contribution in [0.1, 0.15) is 18.4 Å². The predicted molar refractivity (Wildman–Crippen MR) is 142 cm³/mol. The van der Waals surface area contributed by atoms with Crippen molar-refractivity contribution in [1.82, 2.24) is 15.4 Å². The molecule has 0 atom stereocenters. The number of carbonyl (C=O) groups is 1. The van der Waals surface area contributed by atoms with Crippen LogP contribution in [-0.2, 0) is 16.1 Å². The Morgan fingerprint density at radius 1 is 1.14 bits per heavy atom. The summed E-state index contributed by atoms with van der Waals surface area (Å²) in [7, 11) is 0. The zero-order chi connectivity index (χ0) is 24.5. The Kier molecular flexibility index (Phi) is 8.84. The monoisotopic (exact) mass is 489 g/mol. The van der Waals surface area contributed by atoms with Gasteiger partial charge in [-0.25, -0.2) is 10.5 Å². The van der Waals surface area contributed by atoms with E-state index >= 15 is 0 Å². The van der Waals surface area contributed by atoms with Gasteiger partial charge in [0, 0.05) is 12.5 Å². The van der Waals surface area contributed by atoms with E-state index in [2.05, 4.69) is 40.7 Å². The molecule has 1 fully saturated rings. The zero-order valence-electron chi connectivity index (χ0n) is 19.8. The van der Waals surface area contributed by atoms with Crippen LogP contribution in [0.25, 0.3) is 10.2 Å². The first kappa shape index (κ1) is 24.9. The first-order valence-corrected chi connectivity index (χ1v) is 12.7. The van der Waals surface area contributed by atoms with Crippen molar-refractivity contribution in [3.8, 4) is 10.9 Å². The van der Waals surface area contributed by atoms with Gasteiger partial charge in [-0.3, -0.25) is 9.63 Å². The lowest BCUT2D eigenvalue weighted by atomic mass is 9.96. The lowest BCUT2D eigenvalue weighted by molar-refractivity contribution is -0.138. The van der Waals surface area contributed by atoms with E-state index in [9.17, 15) is 4.79 Å². The number of hydroxylamine groups is 1. The van der Waals surface area contributed by atoms with Crippen molar-refractivity contribution in [2.75, 3.05) is 26.2 Å². The van der Waals surface area contributed by atoms with Crippen molar-refractivity contribution in [2.45, 2.75) is 19.3 Å². The highest BCUT2D eigenvalue weighted by atomic mass is 32.1. The average Bonchev–Trinajstić information content (AvgIpc) is 3.30. The minimum Gasteiger partial charge on any atom is -0.431 e. The Hall–Kier alpha value is -3.26. The highest BCUT2D eigenvalue weighted by Crippen LogP contribution is 2.31. The predicted octanol–water partition coefficient (Wildman–Crippen LogP) is 5.69. The lowest BCUT2D eigenvalue weighted by Gasteiger charge is -2.31. The molecule has 1 aliphatic rings. The summed E-state index contributed by atoms with van der Waals surface area (Å²) in [6.45, 7) is 10.4. The molecule has 0 radical (unpaired) electrons. The Bertz CT molecular complexity index is 1140. The number of aromatic nitrogens is 1. The molecule has 7 heteroatoms. The Balaban J connectivity index is 1.17. The van der Waals surface area contributed by atoms with Crippen molar-refractivity contribution < 1.29 is 14.4 Å². The minimum atomic E-state index is -0.0459. The number of nitrogens with zero attached hydrogens (tertiary/aromatic N) is 2. The van der Waals surface area contributed by atoms with Crippen LogP contribution >= 0.6 is 11.3 Å². The first-order chi connectivity index (χ1) is 17.1. The van der Waals surface area contributed by atoms with E-state index in [0.717, 1.165) is 60.4 Å². The SMILES string of the molecule is C=C/C=C(\C=C)CONC(=O)C1CCN(CCc2ccc(Oc3nc4ccccc4s3)cc2)CC1. The molecular weight excluding hydrogens is 458 g/mol. The number of ether oxygens (including phenoxy) is 1. The number of likely N-dealkylation sites (tertiary alicyclic amines) is 1. The first-order valence-electron chi connectivity index (χ1n) is 11.8. The summed E-state index contributed by atoms with van der Waals surface area (Å²) in [5, 5.41) is 0.658. The molecule has 1 amide bonds. The van der Waals surface area contributed by atoms with Crippen LogP contribution in [0.15, 0.2) is 85.5 Å².